The van der Waals surface area contributed by atoms with Gasteiger partial charge in [0.2, 0.25) is 0 Å². The van der Waals surface area contributed by atoms with E-state index >= 15 is 0 Å². The molecule has 0 fully saturated rings. The van der Waals surface area contributed by atoms with Crippen molar-refractivity contribution in [2.24, 2.45) is 0 Å². The third-order valence-corrected chi connectivity index (χ3v) is 13.2. The molecule has 0 bridgehead atoms. The molecule has 57 heavy (non-hydrogen) atoms. The smallest absolute Gasteiger partial charge is 0.0619 e. The largest absolute Gasteiger partial charge is 0.0725 e. The van der Waals surface area contributed by atoms with Gasteiger partial charge in [-0.1, -0.05) is 194 Å². The van der Waals surface area contributed by atoms with E-state index in [0.717, 1.165) is 0 Å². The maximum Gasteiger partial charge on any atom is 0.0725 e. The monoisotopic (exact) mass is 718 g/mol. The fourth-order valence-corrected chi connectivity index (χ4v) is 11.0. The number of hydrogen-bond donors (Lipinski definition) is 0. The zero-order valence-corrected chi connectivity index (χ0v) is 31.1. The minimum absolute atomic E-state index is 0.468. The number of fused-ring (bicyclic) bond motifs is 17. The molecule has 0 nitrogen and oxygen atoms in total. The summed E-state index contributed by atoms with van der Waals surface area (Å²) in [6, 6.07) is 77.7. The molecule has 11 aromatic rings. The minimum atomic E-state index is -0.468. The third kappa shape index (κ3) is 4.02. The van der Waals surface area contributed by atoms with Crippen LogP contribution in [0.15, 0.2) is 206 Å². The first-order valence-electron chi connectivity index (χ1n) is 20.0. The van der Waals surface area contributed by atoms with Gasteiger partial charge in [0.1, 0.15) is 0 Å². The summed E-state index contributed by atoms with van der Waals surface area (Å²) in [5.41, 5.74) is 15.4. The van der Waals surface area contributed by atoms with Crippen LogP contribution in [0.2, 0.25) is 0 Å². The van der Waals surface area contributed by atoms with Crippen LogP contribution in [-0.4, -0.2) is 0 Å². The summed E-state index contributed by atoms with van der Waals surface area (Å²) < 4.78 is 0. The molecule has 11 aromatic carbocycles. The second-order valence-corrected chi connectivity index (χ2v) is 15.9. The van der Waals surface area contributed by atoms with E-state index in [-0.39, 0.29) is 0 Å². The second-order valence-electron chi connectivity index (χ2n) is 15.9. The zero-order chi connectivity index (χ0) is 37.2. The van der Waals surface area contributed by atoms with Gasteiger partial charge in [0.05, 0.1) is 5.41 Å². The van der Waals surface area contributed by atoms with E-state index in [1.807, 2.05) is 0 Å². The van der Waals surface area contributed by atoms with E-state index in [1.54, 1.807) is 0 Å². The molecule has 0 aliphatic heterocycles. The average molecular weight is 719 g/mol. The lowest BCUT2D eigenvalue weighted by molar-refractivity contribution is 0.795. The van der Waals surface area contributed by atoms with Crippen LogP contribution < -0.4 is 0 Å². The molecule has 262 valence electrons. The van der Waals surface area contributed by atoms with Gasteiger partial charge in [0.25, 0.3) is 0 Å². The molecular weight excluding hydrogens is 685 g/mol. The van der Waals surface area contributed by atoms with Gasteiger partial charge in [0, 0.05) is 0 Å². The minimum Gasteiger partial charge on any atom is -0.0619 e. The lowest BCUT2D eigenvalue weighted by Gasteiger charge is -2.31. The topological polar surface area (TPSA) is 0 Å². The Labute approximate surface area is 330 Å². The highest BCUT2D eigenvalue weighted by Gasteiger charge is 2.52. The van der Waals surface area contributed by atoms with Crippen LogP contribution in [0.5, 0.6) is 0 Å². The lowest BCUT2D eigenvalue weighted by Crippen LogP contribution is -2.25. The van der Waals surface area contributed by atoms with E-state index in [2.05, 4.69) is 206 Å². The van der Waals surface area contributed by atoms with Crippen molar-refractivity contribution in [1.82, 2.24) is 0 Å². The predicted octanol–water partition coefficient (Wildman–Crippen LogP) is 15.1. The van der Waals surface area contributed by atoms with Crippen molar-refractivity contribution < 1.29 is 0 Å². The Morgan fingerprint density at radius 3 is 1.56 bits per heavy atom. The van der Waals surface area contributed by atoms with Gasteiger partial charge in [-0.05, 0) is 133 Å². The van der Waals surface area contributed by atoms with Gasteiger partial charge in [-0.2, -0.15) is 0 Å². The molecule has 0 heteroatoms. The van der Waals surface area contributed by atoms with Crippen LogP contribution in [0, 0.1) is 0 Å². The van der Waals surface area contributed by atoms with Gasteiger partial charge in [-0.25, -0.2) is 0 Å². The average Bonchev–Trinajstić information content (AvgIpc) is 3.75. The molecule has 0 atom stereocenters. The summed E-state index contributed by atoms with van der Waals surface area (Å²) in [5, 5.41) is 12.8. The van der Waals surface area contributed by atoms with E-state index in [1.165, 1.54) is 121 Å². The summed E-state index contributed by atoms with van der Waals surface area (Å²) in [7, 11) is 0. The number of benzene rings is 11. The Hall–Kier alpha value is -7.28. The molecule has 13 rings (SSSR count). The van der Waals surface area contributed by atoms with Gasteiger partial charge in [-0.15, -0.1) is 0 Å². The summed E-state index contributed by atoms with van der Waals surface area (Å²) in [6.07, 6.45) is 0. The van der Waals surface area contributed by atoms with Crippen molar-refractivity contribution in [2.45, 2.75) is 5.41 Å². The summed E-state index contributed by atoms with van der Waals surface area (Å²) in [5.74, 6) is 0. The first-order valence-corrected chi connectivity index (χ1v) is 20.0. The van der Waals surface area contributed by atoms with Crippen molar-refractivity contribution in [2.75, 3.05) is 0 Å². The third-order valence-electron chi connectivity index (χ3n) is 13.2. The molecule has 2 aliphatic rings. The Kier molecular flexibility index (Phi) is 6.19. The summed E-state index contributed by atoms with van der Waals surface area (Å²) >= 11 is 0. The number of hydrogen-bond acceptors (Lipinski definition) is 0. The fourth-order valence-electron chi connectivity index (χ4n) is 11.0. The Morgan fingerprint density at radius 1 is 0.228 bits per heavy atom. The van der Waals surface area contributed by atoms with Crippen LogP contribution in [0.3, 0.4) is 0 Å². The highest BCUT2D eigenvalue weighted by molar-refractivity contribution is 6.20. The second kappa shape index (κ2) is 11.4. The molecular formula is C57H34. The Morgan fingerprint density at radius 2 is 0.772 bits per heavy atom. The van der Waals surface area contributed by atoms with Crippen LogP contribution in [0.25, 0.3) is 98.4 Å². The molecule has 0 unspecified atom stereocenters. The van der Waals surface area contributed by atoms with Gasteiger partial charge in [0.15, 0.2) is 0 Å². The standard InChI is InChI=1S/C57H34/c1-4-17-39-35(13-1)16-11-22-42(39)43-23-12-24-47-44(43)31-32-53-56(47)49-30-28-38(34-54(49)57(53)51-25-9-7-20-45(51)46-21-8-10-26-52(46)57)55-41-19-6-3-15-37(41)33-50-40-18-5-2-14-36(40)27-29-48(50)55/h1-34H. The molecule has 2 aliphatic carbocycles. The van der Waals surface area contributed by atoms with Gasteiger partial charge >= 0.3 is 0 Å². The quantitative estimate of drug-likeness (QED) is 0.123. The van der Waals surface area contributed by atoms with Crippen LogP contribution in [0.4, 0.5) is 0 Å². The normalized spacial score (nSPS) is 13.4. The molecule has 0 aromatic heterocycles. The van der Waals surface area contributed by atoms with E-state index < -0.39 is 5.41 Å². The van der Waals surface area contributed by atoms with Crippen LogP contribution >= 0.6 is 0 Å². The zero-order valence-electron chi connectivity index (χ0n) is 31.1. The van der Waals surface area contributed by atoms with E-state index in [9.17, 15) is 0 Å². The highest BCUT2D eigenvalue weighted by Crippen LogP contribution is 2.64. The van der Waals surface area contributed by atoms with Gasteiger partial charge < -0.3 is 0 Å². The molecule has 0 saturated heterocycles. The molecule has 1 spiro atoms. The van der Waals surface area contributed by atoms with Crippen LogP contribution in [-0.2, 0) is 5.41 Å². The van der Waals surface area contributed by atoms with Crippen molar-refractivity contribution in [3.63, 3.8) is 0 Å². The van der Waals surface area contributed by atoms with Crippen molar-refractivity contribution in [3.8, 4) is 44.5 Å². The maximum absolute atomic E-state index is 2.56. The molecule has 0 radical (unpaired) electrons. The van der Waals surface area contributed by atoms with E-state index in [0.29, 0.717) is 0 Å². The van der Waals surface area contributed by atoms with Gasteiger partial charge in [-0.3, -0.25) is 0 Å². The lowest BCUT2D eigenvalue weighted by atomic mass is 9.70. The Balaban J connectivity index is 1.16. The van der Waals surface area contributed by atoms with Crippen molar-refractivity contribution in [1.29, 1.82) is 0 Å². The molecule has 0 saturated carbocycles. The number of rotatable bonds is 2. The SMILES string of the molecule is c1ccc2c(c1)-c1ccccc1C21c2cc(-c3c4ccccc4cc4c3ccc3ccccc34)ccc2-c2c1ccc1c(-c3cccc4ccccc34)cccc21. The first-order chi connectivity index (χ1) is 28.3. The van der Waals surface area contributed by atoms with Crippen molar-refractivity contribution in [3.05, 3.63) is 229 Å². The summed E-state index contributed by atoms with van der Waals surface area (Å²) in [4.78, 5) is 0. The first kappa shape index (κ1) is 31.0. The predicted molar refractivity (Wildman–Crippen MR) is 241 cm³/mol. The highest BCUT2D eigenvalue weighted by atomic mass is 14.5. The van der Waals surface area contributed by atoms with Crippen molar-refractivity contribution >= 4 is 53.9 Å². The fraction of sp³-hybridized carbons (Fsp3) is 0.0175. The van der Waals surface area contributed by atoms with E-state index in [4.69, 9.17) is 0 Å². The Bertz CT molecular complexity index is 3480. The molecule has 0 heterocycles. The molecule has 0 N–H and O–H groups in total. The summed E-state index contributed by atoms with van der Waals surface area (Å²) in [6.45, 7) is 0. The van der Waals surface area contributed by atoms with Crippen LogP contribution in [0.1, 0.15) is 22.3 Å². The molecule has 0 amide bonds. The maximum atomic E-state index is 2.56.